The summed E-state index contributed by atoms with van der Waals surface area (Å²) in [4.78, 5) is 11.7. The zero-order valence-corrected chi connectivity index (χ0v) is 12.1. The molecule has 0 saturated heterocycles. The molecule has 6 nitrogen and oxygen atoms in total. The number of ether oxygens (including phenoxy) is 1. The van der Waals surface area contributed by atoms with Gasteiger partial charge in [-0.05, 0) is 23.3 Å². The molecule has 116 valence electrons. The molecule has 0 amide bonds. The van der Waals surface area contributed by atoms with Crippen molar-refractivity contribution < 1.29 is 19.2 Å². The van der Waals surface area contributed by atoms with Gasteiger partial charge in [0.1, 0.15) is 12.4 Å². The first-order valence-corrected chi connectivity index (χ1v) is 6.91. The molecule has 22 heavy (non-hydrogen) atoms. The Morgan fingerprint density at radius 2 is 2.00 bits per heavy atom. The third kappa shape index (κ3) is 4.46. The number of nitrogens with zero attached hydrogens (tertiary/aromatic N) is 1. The van der Waals surface area contributed by atoms with Gasteiger partial charge < -0.3 is 20.1 Å². The van der Waals surface area contributed by atoms with E-state index in [0.29, 0.717) is 18.0 Å². The summed E-state index contributed by atoms with van der Waals surface area (Å²) < 4.78 is 10.1. The van der Waals surface area contributed by atoms with E-state index in [0.717, 1.165) is 11.1 Å². The van der Waals surface area contributed by atoms with Gasteiger partial charge in [-0.3, -0.25) is 4.79 Å². The molecule has 2 aromatic rings. The molecule has 0 unspecified atom stereocenters. The van der Waals surface area contributed by atoms with Crippen molar-refractivity contribution in [2.24, 2.45) is 10.9 Å². The van der Waals surface area contributed by atoms with Crippen LogP contribution in [0.4, 0.5) is 0 Å². The third-order valence-corrected chi connectivity index (χ3v) is 3.17. The van der Waals surface area contributed by atoms with E-state index in [4.69, 9.17) is 20.1 Å². The van der Waals surface area contributed by atoms with E-state index >= 15 is 0 Å². The van der Waals surface area contributed by atoms with Crippen molar-refractivity contribution in [3.63, 3.8) is 0 Å². The predicted molar refractivity (Wildman–Crippen MR) is 80.4 cm³/mol. The first-order chi connectivity index (χ1) is 10.7. The van der Waals surface area contributed by atoms with Crippen LogP contribution in [-0.4, -0.2) is 16.9 Å². The molecule has 1 heterocycles. The van der Waals surface area contributed by atoms with E-state index in [2.05, 4.69) is 5.16 Å². The number of oxime groups is 1. The summed E-state index contributed by atoms with van der Waals surface area (Å²) in [6.07, 6.45) is 1.93. The zero-order valence-electron chi connectivity index (χ0n) is 12.1. The van der Waals surface area contributed by atoms with E-state index in [1.54, 1.807) is 12.1 Å². The average Bonchev–Trinajstić information content (AvgIpc) is 3.07. The van der Waals surface area contributed by atoms with Crippen LogP contribution in [-0.2, 0) is 22.7 Å². The van der Waals surface area contributed by atoms with Crippen LogP contribution in [0, 0.1) is 0 Å². The van der Waals surface area contributed by atoms with Crippen LogP contribution in [0.3, 0.4) is 0 Å². The Labute approximate surface area is 128 Å². The van der Waals surface area contributed by atoms with Crippen LogP contribution < -0.4 is 5.73 Å². The Bertz CT molecular complexity index is 618. The van der Waals surface area contributed by atoms with Gasteiger partial charge in [0, 0.05) is 13.0 Å². The first kappa shape index (κ1) is 15.8. The Morgan fingerprint density at radius 1 is 1.23 bits per heavy atom. The van der Waals surface area contributed by atoms with E-state index in [1.165, 1.54) is 6.26 Å². The second kappa shape index (κ2) is 7.99. The molecule has 6 heteroatoms. The molecule has 0 aliphatic heterocycles. The lowest BCUT2D eigenvalue weighted by atomic mass is 10.0. The molecule has 2 rings (SSSR count). The normalized spacial score (nSPS) is 11.4. The van der Waals surface area contributed by atoms with Crippen molar-refractivity contribution in [3.05, 3.63) is 59.5 Å². The molecule has 0 radical (unpaired) electrons. The van der Waals surface area contributed by atoms with Gasteiger partial charge in [-0.2, -0.15) is 0 Å². The number of benzene rings is 1. The summed E-state index contributed by atoms with van der Waals surface area (Å²) in [5.74, 6) is 0.206. The predicted octanol–water partition coefficient (Wildman–Crippen LogP) is 2.44. The number of furan rings is 1. The lowest BCUT2D eigenvalue weighted by Gasteiger charge is -2.06. The minimum Gasteiger partial charge on any atom is -0.466 e. The van der Waals surface area contributed by atoms with Crippen LogP contribution in [0.5, 0.6) is 0 Å². The number of nitrogens with two attached hydrogens (primary N) is 1. The number of carbonyl (C=O) groups is 1. The summed E-state index contributed by atoms with van der Waals surface area (Å²) in [5, 5.41) is 12.4. The van der Waals surface area contributed by atoms with Crippen molar-refractivity contribution in [1.82, 2.24) is 0 Å². The number of rotatable bonds is 7. The van der Waals surface area contributed by atoms with Crippen molar-refractivity contribution >= 4 is 11.7 Å². The quantitative estimate of drug-likeness (QED) is 0.354. The zero-order chi connectivity index (χ0) is 15.8. The van der Waals surface area contributed by atoms with Gasteiger partial charge in [0.15, 0.2) is 0 Å². The van der Waals surface area contributed by atoms with Crippen LogP contribution >= 0.6 is 0 Å². The van der Waals surface area contributed by atoms with Crippen molar-refractivity contribution in [2.75, 3.05) is 0 Å². The standard InChI is InChI=1S/C16H18N2O4/c17-10-12-3-5-13(6-4-12)15(18-20)7-8-16(19)22-11-14-2-1-9-21-14/h1-6,9,20H,7-8,10-11,17H2/b18-15+. The second-order valence-electron chi connectivity index (χ2n) is 4.69. The summed E-state index contributed by atoms with van der Waals surface area (Å²) in [6, 6.07) is 10.8. The Hall–Kier alpha value is -2.60. The van der Waals surface area contributed by atoms with Gasteiger partial charge >= 0.3 is 5.97 Å². The monoisotopic (exact) mass is 302 g/mol. The molecule has 0 atom stereocenters. The van der Waals surface area contributed by atoms with Gasteiger partial charge in [-0.25, -0.2) is 0 Å². The fourth-order valence-electron chi connectivity index (χ4n) is 1.92. The van der Waals surface area contributed by atoms with E-state index in [9.17, 15) is 4.79 Å². The number of carbonyl (C=O) groups excluding carboxylic acids is 1. The largest absolute Gasteiger partial charge is 0.466 e. The first-order valence-electron chi connectivity index (χ1n) is 6.91. The van der Waals surface area contributed by atoms with Crippen molar-refractivity contribution in [3.8, 4) is 0 Å². The smallest absolute Gasteiger partial charge is 0.306 e. The Balaban J connectivity index is 1.83. The molecule has 0 spiro atoms. The number of hydrogen-bond donors (Lipinski definition) is 2. The van der Waals surface area contributed by atoms with Crippen LogP contribution in [0.15, 0.2) is 52.2 Å². The Morgan fingerprint density at radius 3 is 2.59 bits per heavy atom. The summed E-state index contributed by atoms with van der Waals surface area (Å²) in [6.45, 7) is 0.549. The lowest BCUT2D eigenvalue weighted by molar-refractivity contribution is -0.145. The molecule has 3 N–H and O–H groups in total. The molecule has 0 bridgehead atoms. The summed E-state index contributed by atoms with van der Waals surface area (Å²) in [7, 11) is 0. The van der Waals surface area contributed by atoms with E-state index in [1.807, 2.05) is 24.3 Å². The van der Waals surface area contributed by atoms with E-state index < -0.39 is 0 Å². The van der Waals surface area contributed by atoms with Gasteiger partial charge in [0.25, 0.3) is 0 Å². The SMILES string of the molecule is NCc1ccc(/C(CCC(=O)OCc2ccco2)=N/O)cc1. The van der Waals surface area contributed by atoms with Crippen LogP contribution in [0.25, 0.3) is 0 Å². The minimum absolute atomic E-state index is 0.0998. The minimum atomic E-state index is -0.379. The summed E-state index contributed by atoms with van der Waals surface area (Å²) in [5.41, 5.74) is 7.69. The lowest BCUT2D eigenvalue weighted by Crippen LogP contribution is -2.09. The number of esters is 1. The topological polar surface area (TPSA) is 98.1 Å². The molecular formula is C16H18N2O4. The molecular weight excluding hydrogens is 284 g/mol. The van der Waals surface area contributed by atoms with Crippen molar-refractivity contribution in [2.45, 2.75) is 26.0 Å². The van der Waals surface area contributed by atoms with Gasteiger partial charge in [0.2, 0.25) is 0 Å². The maximum absolute atomic E-state index is 11.7. The van der Waals surface area contributed by atoms with Gasteiger partial charge in [-0.1, -0.05) is 29.4 Å². The molecule has 0 aliphatic rings. The maximum Gasteiger partial charge on any atom is 0.306 e. The third-order valence-electron chi connectivity index (χ3n) is 3.17. The fraction of sp³-hybridized carbons (Fsp3) is 0.250. The summed E-state index contributed by atoms with van der Waals surface area (Å²) >= 11 is 0. The van der Waals surface area contributed by atoms with Gasteiger partial charge in [0.05, 0.1) is 18.4 Å². The fourth-order valence-corrected chi connectivity index (χ4v) is 1.92. The molecule has 0 aliphatic carbocycles. The second-order valence-corrected chi connectivity index (χ2v) is 4.69. The molecule has 1 aromatic carbocycles. The van der Waals surface area contributed by atoms with Gasteiger partial charge in [-0.15, -0.1) is 0 Å². The maximum atomic E-state index is 11.7. The highest BCUT2D eigenvalue weighted by Crippen LogP contribution is 2.10. The number of hydrogen-bond acceptors (Lipinski definition) is 6. The average molecular weight is 302 g/mol. The highest BCUT2D eigenvalue weighted by Gasteiger charge is 2.10. The highest BCUT2D eigenvalue weighted by atomic mass is 16.5. The van der Waals surface area contributed by atoms with Crippen LogP contribution in [0.2, 0.25) is 0 Å². The molecule has 1 aromatic heterocycles. The van der Waals surface area contributed by atoms with E-state index in [-0.39, 0.29) is 25.4 Å². The highest BCUT2D eigenvalue weighted by molar-refractivity contribution is 6.01. The molecule has 0 saturated carbocycles. The van der Waals surface area contributed by atoms with Crippen molar-refractivity contribution in [1.29, 1.82) is 0 Å². The molecule has 0 fully saturated rings. The Kier molecular flexibility index (Phi) is 5.73. The van der Waals surface area contributed by atoms with Crippen LogP contribution in [0.1, 0.15) is 29.7 Å².